The van der Waals surface area contributed by atoms with E-state index >= 15 is 0 Å². The molecule has 0 fully saturated rings. The SMILES string of the molecule is C#CC(CC)(CC)NC(=S)Nc1sc(C(=O)OCC)c(C)c1C(=O)OCC. The first-order chi connectivity index (χ1) is 12.8. The zero-order valence-electron chi connectivity index (χ0n) is 16.4. The van der Waals surface area contributed by atoms with Crippen LogP contribution in [0.1, 0.15) is 66.1 Å². The summed E-state index contributed by atoms with van der Waals surface area (Å²) in [7, 11) is 0. The first-order valence-corrected chi connectivity index (χ1v) is 10.1. The van der Waals surface area contributed by atoms with Gasteiger partial charge in [-0.15, -0.1) is 17.8 Å². The Kier molecular flexibility index (Phi) is 8.73. The predicted molar refractivity (Wildman–Crippen MR) is 112 cm³/mol. The number of hydrogen-bond donors (Lipinski definition) is 2. The van der Waals surface area contributed by atoms with Crippen LogP contribution in [0.5, 0.6) is 0 Å². The molecule has 0 radical (unpaired) electrons. The highest BCUT2D eigenvalue weighted by atomic mass is 32.1. The summed E-state index contributed by atoms with van der Waals surface area (Å²) >= 11 is 6.48. The molecule has 0 saturated carbocycles. The Morgan fingerprint density at radius 3 is 2.19 bits per heavy atom. The third-order valence-corrected chi connectivity index (χ3v) is 5.54. The average Bonchev–Trinajstić information content (AvgIpc) is 2.96. The fraction of sp³-hybridized carbons (Fsp3) is 0.526. The minimum atomic E-state index is -0.579. The Bertz CT molecular complexity index is 746. The van der Waals surface area contributed by atoms with Gasteiger partial charge in [0.2, 0.25) is 0 Å². The number of hydrogen-bond acceptors (Lipinski definition) is 6. The monoisotopic (exact) mass is 410 g/mol. The summed E-state index contributed by atoms with van der Waals surface area (Å²) in [5.41, 5.74) is 0.189. The number of carbonyl (C=O) groups excluding carboxylic acids is 2. The zero-order chi connectivity index (χ0) is 20.6. The van der Waals surface area contributed by atoms with E-state index in [2.05, 4.69) is 16.6 Å². The van der Waals surface area contributed by atoms with E-state index in [9.17, 15) is 9.59 Å². The van der Waals surface area contributed by atoms with E-state index in [4.69, 9.17) is 28.1 Å². The molecule has 0 bridgehead atoms. The van der Waals surface area contributed by atoms with E-state index in [1.54, 1.807) is 20.8 Å². The van der Waals surface area contributed by atoms with Gasteiger partial charge >= 0.3 is 11.9 Å². The molecule has 0 aliphatic carbocycles. The van der Waals surface area contributed by atoms with E-state index in [1.165, 1.54) is 0 Å². The van der Waals surface area contributed by atoms with Gasteiger partial charge in [0.1, 0.15) is 9.88 Å². The largest absolute Gasteiger partial charge is 0.462 e. The zero-order valence-corrected chi connectivity index (χ0v) is 18.0. The molecular formula is C19H26N2O4S2. The number of esters is 2. The summed E-state index contributed by atoms with van der Waals surface area (Å²) in [5, 5.41) is 6.83. The van der Waals surface area contributed by atoms with Crippen LogP contribution in [0.25, 0.3) is 0 Å². The van der Waals surface area contributed by atoms with Crippen LogP contribution >= 0.6 is 23.6 Å². The van der Waals surface area contributed by atoms with E-state index in [-0.39, 0.29) is 23.9 Å². The lowest BCUT2D eigenvalue weighted by Gasteiger charge is -2.28. The van der Waals surface area contributed by atoms with Crippen LogP contribution in [0.3, 0.4) is 0 Å². The number of terminal acetylenes is 1. The highest BCUT2D eigenvalue weighted by Gasteiger charge is 2.28. The molecule has 0 saturated heterocycles. The minimum absolute atomic E-state index is 0.219. The molecule has 0 atom stereocenters. The van der Waals surface area contributed by atoms with Crippen molar-refractivity contribution in [3.63, 3.8) is 0 Å². The summed E-state index contributed by atoms with van der Waals surface area (Å²) in [6, 6.07) is 0. The summed E-state index contributed by atoms with van der Waals surface area (Å²) in [4.78, 5) is 24.9. The standard InChI is InChI=1S/C19H26N2O4S2/c1-7-19(8-2,9-3)21-18(26)20-15-13(16(22)24-10-4)12(6)14(27-15)17(23)25-11-5/h1H,8-11H2,2-6H3,(H2,20,21,26). The highest BCUT2D eigenvalue weighted by Crippen LogP contribution is 2.34. The molecule has 27 heavy (non-hydrogen) atoms. The maximum Gasteiger partial charge on any atom is 0.348 e. The molecule has 1 rings (SSSR count). The molecule has 1 aromatic heterocycles. The third kappa shape index (κ3) is 5.44. The van der Waals surface area contributed by atoms with Gasteiger partial charge in [0, 0.05) is 0 Å². The molecule has 6 nitrogen and oxygen atoms in total. The van der Waals surface area contributed by atoms with Crippen molar-refractivity contribution in [2.45, 2.75) is 53.0 Å². The van der Waals surface area contributed by atoms with Crippen molar-refractivity contribution in [3.8, 4) is 12.3 Å². The van der Waals surface area contributed by atoms with Crippen LogP contribution in [-0.2, 0) is 9.47 Å². The predicted octanol–water partition coefficient (Wildman–Crippen LogP) is 3.89. The van der Waals surface area contributed by atoms with Crippen molar-refractivity contribution in [1.29, 1.82) is 0 Å². The number of carbonyl (C=O) groups is 2. The van der Waals surface area contributed by atoms with Crippen molar-refractivity contribution in [2.24, 2.45) is 0 Å². The molecule has 8 heteroatoms. The van der Waals surface area contributed by atoms with Crippen LogP contribution in [0, 0.1) is 19.3 Å². The molecule has 0 unspecified atom stereocenters. The third-order valence-electron chi connectivity index (χ3n) is 4.15. The van der Waals surface area contributed by atoms with E-state index in [0.717, 1.165) is 11.3 Å². The number of nitrogens with one attached hydrogen (secondary N) is 2. The molecule has 2 N–H and O–H groups in total. The number of thiocarbonyl (C=S) groups is 1. The quantitative estimate of drug-likeness (QED) is 0.382. The Hall–Kier alpha value is -2.11. The molecule has 148 valence electrons. The normalized spacial score (nSPS) is 10.7. The summed E-state index contributed by atoms with van der Waals surface area (Å²) in [6.07, 6.45) is 7.03. The van der Waals surface area contributed by atoms with Crippen molar-refractivity contribution >= 4 is 45.6 Å². The van der Waals surface area contributed by atoms with Crippen LogP contribution in [-0.4, -0.2) is 35.8 Å². The Balaban J connectivity index is 3.23. The summed E-state index contributed by atoms with van der Waals surface area (Å²) < 4.78 is 10.2. The smallest absolute Gasteiger partial charge is 0.348 e. The number of thiophene rings is 1. The van der Waals surface area contributed by atoms with Gasteiger partial charge in [-0.2, -0.15) is 0 Å². The number of rotatable bonds is 8. The summed E-state index contributed by atoms with van der Waals surface area (Å²) in [5.74, 6) is 1.72. The second-order valence-electron chi connectivity index (χ2n) is 5.71. The van der Waals surface area contributed by atoms with Crippen molar-refractivity contribution in [1.82, 2.24) is 5.32 Å². The van der Waals surface area contributed by atoms with E-state index < -0.39 is 17.5 Å². The van der Waals surface area contributed by atoms with Gasteiger partial charge in [-0.05, 0) is 51.4 Å². The number of anilines is 1. The van der Waals surface area contributed by atoms with Gasteiger partial charge in [0.15, 0.2) is 5.11 Å². The highest BCUT2D eigenvalue weighted by molar-refractivity contribution is 7.80. The van der Waals surface area contributed by atoms with Gasteiger partial charge in [0.25, 0.3) is 0 Å². The molecule has 0 spiro atoms. The first kappa shape index (κ1) is 22.9. The minimum Gasteiger partial charge on any atom is -0.462 e. The topological polar surface area (TPSA) is 76.7 Å². The van der Waals surface area contributed by atoms with Crippen molar-refractivity contribution in [3.05, 3.63) is 16.0 Å². The molecule has 1 aromatic rings. The van der Waals surface area contributed by atoms with Crippen LogP contribution in [0.15, 0.2) is 0 Å². The second kappa shape index (κ2) is 10.3. The van der Waals surface area contributed by atoms with Crippen LogP contribution < -0.4 is 10.6 Å². The van der Waals surface area contributed by atoms with Crippen molar-refractivity contribution < 1.29 is 19.1 Å². The fourth-order valence-corrected chi connectivity index (χ4v) is 3.92. The summed E-state index contributed by atoms with van der Waals surface area (Å²) in [6.45, 7) is 9.52. The number of ether oxygens (including phenoxy) is 2. The van der Waals surface area contributed by atoms with Gasteiger partial charge in [-0.1, -0.05) is 19.8 Å². The lowest BCUT2D eigenvalue weighted by Crippen LogP contribution is -2.48. The molecule has 0 aromatic carbocycles. The molecule has 1 heterocycles. The maximum atomic E-state index is 12.4. The Morgan fingerprint density at radius 1 is 1.15 bits per heavy atom. The molecule has 0 amide bonds. The lowest BCUT2D eigenvalue weighted by atomic mass is 9.94. The van der Waals surface area contributed by atoms with Crippen LogP contribution in [0.4, 0.5) is 5.00 Å². The second-order valence-corrected chi connectivity index (χ2v) is 7.14. The van der Waals surface area contributed by atoms with Gasteiger partial charge in [-0.3, -0.25) is 0 Å². The Morgan fingerprint density at radius 2 is 1.70 bits per heavy atom. The van der Waals surface area contributed by atoms with Gasteiger partial charge in [0.05, 0.1) is 24.3 Å². The lowest BCUT2D eigenvalue weighted by molar-refractivity contribution is 0.0527. The van der Waals surface area contributed by atoms with E-state index in [0.29, 0.717) is 28.3 Å². The average molecular weight is 411 g/mol. The Labute approximate surface area is 170 Å². The molecule has 0 aliphatic rings. The maximum absolute atomic E-state index is 12.4. The fourth-order valence-electron chi connectivity index (χ4n) is 2.46. The molecule has 0 aliphatic heterocycles. The van der Waals surface area contributed by atoms with Crippen molar-refractivity contribution in [2.75, 3.05) is 18.5 Å². The van der Waals surface area contributed by atoms with Gasteiger partial charge < -0.3 is 20.1 Å². The van der Waals surface area contributed by atoms with Gasteiger partial charge in [-0.25, -0.2) is 9.59 Å². The first-order valence-electron chi connectivity index (χ1n) is 8.83. The molecular weight excluding hydrogens is 384 g/mol. The van der Waals surface area contributed by atoms with E-state index in [1.807, 2.05) is 13.8 Å². The van der Waals surface area contributed by atoms with Crippen LogP contribution in [0.2, 0.25) is 0 Å².